The lowest BCUT2D eigenvalue weighted by molar-refractivity contribution is 0.660. The highest BCUT2D eigenvalue weighted by atomic mass is 14.8. The Morgan fingerprint density at radius 2 is 2.12 bits per heavy atom. The van der Waals surface area contributed by atoms with Gasteiger partial charge in [-0.1, -0.05) is 30.2 Å². The number of hydrogen-bond donors (Lipinski definition) is 0. The van der Waals surface area contributed by atoms with Crippen LogP contribution in [-0.2, 0) is 0 Å². The SMILES string of the molecule is C=C(C)CCCCC1C=Nc2ccccc21. The van der Waals surface area contributed by atoms with E-state index in [1.54, 1.807) is 0 Å². The van der Waals surface area contributed by atoms with Crippen LogP contribution < -0.4 is 0 Å². The number of para-hydroxylation sites is 1. The summed E-state index contributed by atoms with van der Waals surface area (Å²) >= 11 is 0. The van der Waals surface area contributed by atoms with Gasteiger partial charge in [-0.15, -0.1) is 6.58 Å². The first-order valence-corrected chi connectivity index (χ1v) is 6.05. The highest BCUT2D eigenvalue weighted by Gasteiger charge is 2.17. The molecule has 84 valence electrons. The fourth-order valence-corrected chi connectivity index (χ4v) is 2.19. The van der Waals surface area contributed by atoms with Crippen molar-refractivity contribution >= 4 is 11.9 Å². The van der Waals surface area contributed by atoms with Crippen LogP contribution in [-0.4, -0.2) is 6.21 Å². The second-order valence-corrected chi connectivity index (χ2v) is 4.65. The second-order valence-electron chi connectivity index (χ2n) is 4.65. The van der Waals surface area contributed by atoms with E-state index < -0.39 is 0 Å². The van der Waals surface area contributed by atoms with E-state index in [4.69, 9.17) is 0 Å². The largest absolute Gasteiger partial charge is 0.260 e. The van der Waals surface area contributed by atoms with Gasteiger partial charge < -0.3 is 0 Å². The Balaban J connectivity index is 1.84. The highest BCUT2D eigenvalue weighted by Crippen LogP contribution is 2.34. The number of rotatable bonds is 5. The van der Waals surface area contributed by atoms with Crippen LogP contribution in [0, 0.1) is 0 Å². The van der Waals surface area contributed by atoms with Crippen LogP contribution in [0.5, 0.6) is 0 Å². The van der Waals surface area contributed by atoms with Gasteiger partial charge in [-0.3, -0.25) is 4.99 Å². The van der Waals surface area contributed by atoms with E-state index in [-0.39, 0.29) is 0 Å². The molecular weight excluding hydrogens is 194 g/mol. The van der Waals surface area contributed by atoms with Crippen LogP contribution in [0.1, 0.15) is 44.1 Å². The first kappa shape index (κ1) is 11.1. The minimum atomic E-state index is 0.543. The van der Waals surface area contributed by atoms with Crippen molar-refractivity contribution in [1.29, 1.82) is 0 Å². The number of fused-ring (bicyclic) bond motifs is 1. The fraction of sp³-hybridized carbons (Fsp3) is 0.400. The molecule has 0 aromatic heterocycles. The molecule has 1 aromatic carbocycles. The summed E-state index contributed by atoms with van der Waals surface area (Å²) in [6, 6.07) is 8.46. The molecule has 0 aliphatic carbocycles. The van der Waals surface area contributed by atoms with Crippen molar-refractivity contribution in [1.82, 2.24) is 0 Å². The summed E-state index contributed by atoms with van der Waals surface area (Å²) in [5.41, 5.74) is 3.85. The molecule has 16 heavy (non-hydrogen) atoms. The van der Waals surface area contributed by atoms with Crippen LogP contribution in [0.15, 0.2) is 41.4 Å². The molecule has 0 radical (unpaired) electrons. The molecule has 0 N–H and O–H groups in total. The topological polar surface area (TPSA) is 12.4 Å². The summed E-state index contributed by atoms with van der Waals surface area (Å²) in [6.45, 7) is 6.04. The molecule has 1 heterocycles. The van der Waals surface area contributed by atoms with E-state index in [0.717, 1.165) is 12.1 Å². The minimum absolute atomic E-state index is 0.543. The summed E-state index contributed by atoms with van der Waals surface area (Å²) in [7, 11) is 0. The molecule has 0 spiro atoms. The number of aliphatic imine (C=N–C) groups is 1. The maximum atomic E-state index is 4.45. The predicted octanol–water partition coefficient (Wildman–Crippen LogP) is 4.62. The summed E-state index contributed by atoms with van der Waals surface area (Å²) in [5, 5.41) is 0. The van der Waals surface area contributed by atoms with Gasteiger partial charge in [0.15, 0.2) is 0 Å². The number of hydrogen-bond acceptors (Lipinski definition) is 1. The molecule has 1 atom stereocenters. The van der Waals surface area contributed by atoms with E-state index in [0.29, 0.717) is 5.92 Å². The average Bonchev–Trinajstić information content (AvgIpc) is 2.68. The zero-order chi connectivity index (χ0) is 11.4. The number of allylic oxidation sites excluding steroid dienone is 1. The Kier molecular flexibility index (Phi) is 3.55. The highest BCUT2D eigenvalue weighted by molar-refractivity contribution is 5.80. The number of unbranched alkanes of at least 4 members (excludes halogenated alkanes) is 1. The molecule has 0 saturated heterocycles. The zero-order valence-electron chi connectivity index (χ0n) is 9.95. The summed E-state index contributed by atoms with van der Waals surface area (Å²) in [6.07, 6.45) is 6.99. The van der Waals surface area contributed by atoms with E-state index in [9.17, 15) is 0 Å². The van der Waals surface area contributed by atoms with Crippen molar-refractivity contribution in [3.63, 3.8) is 0 Å². The Morgan fingerprint density at radius 1 is 1.31 bits per heavy atom. The molecule has 0 fully saturated rings. The molecule has 1 nitrogen and oxygen atoms in total. The molecule has 2 rings (SSSR count). The minimum Gasteiger partial charge on any atom is -0.260 e. The van der Waals surface area contributed by atoms with E-state index >= 15 is 0 Å². The molecule has 1 heteroatoms. The third-order valence-electron chi connectivity index (χ3n) is 3.10. The van der Waals surface area contributed by atoms with Crippen LogP contribution in [0.4, 0.5) is 5.69 Å². The average molecular weight is 213 g/mol. The van der Waals surface area contributed by atoms with Crippen molar-refractivity contribution < 1.29 is 0 Å². The number of benzene rings is 1. The summed E-state index contributed by atoms with van der Waals surface area (Å²) in [4.78, 5) is 4.45. The molecule has 1 aromatic rings. The third-order valence-corrected chi connectivity index (χ3v) is 3.10. The van der Waals surface area contributed by atoms with Gasteiger partial charge in [0.2, 0.25) is 0 Å². The van der Waals surface area contributed by atoms with Gasteiger partial charge >= 0.3 is 0 Å². The zero-order valence-corrected chi connectivity index (χ0v) is 9.95. The van der Waals surface area contributed by atoms with E-state index in [1.807, 2.05) is 0 Å². The van der Waals surface area contributed by atoms with Gasteiger partial charge in [0.25, 0.3) is 0 Å². The smallest absolute Gasteiger partial charge is 0.0664 e. The molecule has 1 aliphatic rings. The van der Waals surface area contributed by atoms with Crippen LogP contribution in [0.2, 0.25) is 0 Å². The third kappa shape index (κ3) is 2.60. The molecular formula is C15H19N. The number of nitrogens with zero attached hydrogens (tertiary/aromatic N) is 1. The van der Waals surface area contributed by atoms with E-state index in [2.05, 4.69) is 49.0 Å². The van der Waals surface area contributed by atoms with Gasteiger partial charge in [-0.25, -0.2) is 0 Å². The summed E-state index contributed by atoms with van der Waals surface area (Å²) < 4.78 is 0. The van der Waals surface area contributed by atoms with Crippen molar-refractivity contribution in [2.75, 3.05) is 0 Å². The molecule has 0 bridgehead atoms. The predicted molar refractivity (Wildman–Crippen MR) is 70.6 cm³/mol. The molecule has 0 saturated carbocycles. The maximum absolute atomic E-state index is 4.45. The maximum Gasteiger partial charge on any atom is 0.0664 e. The quantitative estimate of drug-likeness (QED) is 0.500. The Labute approximate surface area is 97.9 Å². The Hall–Kier alpha value is -1.37. The van der Waals surface area contributed by atoms with Gasteiger partial charge in [0.1, 0.15) is 0 Å². The van der Waals surface area contributed by atoms with Gasteiger partial charge in [-0.05, 0) is 37.8 Å². The molecule has 1 unspecified atom stereocenters. The van der Waals surface area contributed by atoms with E-state index in [1.165, 1.54) is 30.4 Å². The van der Waals surface area contributed by atoms with Crippen molar-refractivity contribution in [3.05, 3.63) is 42.0 Å². The standard InChI is InChI=1S/C15H19N/c1-12(2)7-3-4-8-13-11-16-15-10-6-5-9-14(13)15/h5-6,9-11,13H,1,3-4,7-8H2,2H3. The molecule has 0 amide bonds. The van der Waals surface area contributed by atoms with Crippen LogP contribution >= 0.6 is 0 Å². The van der Waals surface area contributed by atoms with Crippen molar-refractivity contribution in [2.45, 2.75) is 38.5 Å². The monoisotopic (exact) mass is 213 g/mol. The Morgan fingerprint density at radius 3 is 2.94 bits per heavy atom. The van der Waals surface area contributed by atoms with Crippen molar-refractivity contribution in [2.24, 2.45) is 4.99 Å². The second kappa shape index (κ2) is 5.11. The van der Waals surface area contributed by atoms with Gasteiger partial charge in [-0.2, -0.15) is 0 Å². The van der Waals surface area contributed by atoms with Crippen LogP contribution in [0.25, 0.3) is 0 Å². The van der Waals surface area contributed by atoms with Gasteiger partial charge in [0.05, 0.1) is 5.69 Å². The molecule has 1 aliphatic heterocycles. The first-order valence-electron chi connectivity index (χ1n) is 6.05. The Bertz CT molecular complexity index is 404. The lowest BCUT2D eigenvalue weighted by atomic mass is 9.95. The van der Waals surface area contributed by atoms with Crippen molar-refractivity contribution in [3.8, 4) is 0 Å². The first-order chi connectivity index (χ1) is 7.77. The normalized spacial score (nSPS) is 17.4. The lowest BCUT2D eigenvalue weighted by Crippen LogP contribution is -1.95. The summed E-state index contributed by atoms with van der Waals surface area (Å²) in [5.74, 6) is 0.543. The fourth-order valence-electron chi connectivity index (χ4n) is 2.19. The van der Waals surface area contributed by atoms with Crippen LogP contribution in [0.3, 0.4) is 0 Å². The lowest BCUT2D eigenvalue weighted by Gasteiger charge is -2.08. The van der Waals surface area contributed by atoms with Gasteiger partial charge in [0, 0.05) is 12.1 Å².